The highest BCUT2D eigenvalue weighted by atomic mass is 32.2. The van der Waals surface area contributed by atoms with Crippen LogP contribution in [0.15, 0.2) is 67.0 Å². The third-order valence-electron chi connectivity index (χ3n) is 6.92. The van der Waals surface area contributed by atoms with E-state index in [1.54, 1.807) is 54.6 Å². The van der Waals surface area contributed by atoms with Crippen molar-refractivity contribution in [3.05, 3.63) is 89.2 Å². The number of methoxy groups -OCH3 is 1. The predicted octanol–water partition coefficient (Wildman–Crippen LogP) is 2.01. The van der Waals surface area contributed by atoms with Gasteiger partial charge in [-0.1, -0.05) is 42.5 Å². The summed E-state index contributed by atoms with van der Waals surface area (Å²) in [4.78, 5) is 4.12. The van der Waals surface area contributed by atoms with Gasteiger partial charge in [-0.2, -0.15) is 5.26 Å². The van der Waals surface area contributed by atoms with E-state index in [0.717, 1.165) is 6.26 Å². The van der Waals surface area contributed by atoms with Crippen LogP contribution in [0.1, 0.15) is 28.2 Å². The van der Waals surface area contributed by atoms with Crippen molar-refractivity contribution in [2.24, 2.45) is 0 Å². The number of pyridine rings is 1. The number of hydrogen-bond acceptors (Lipinski definition) is 8. The first kappa shape index (κ1) is 22.3. The van der Waals surface area contributed by atoms with Crippen LogP contribution in [0.4, 0.5) is 0 Å². The Hall–Kier alpha value is -3.45. The lowest BCUT2D eigenvalue weighted by molar-refractivity contribution is -0.149. The van der Waals surface area contributed by atoms with Crippen LogP contribution < -0.4 is 9.47 Å². The Labute approximate surface area is 197 Å². The van der Waals surface area contributed by atoms with Crippen molar-refractivity contribution in [2.75, 3.05) is 13.4 Å². The lowest BCUT2D eigenvalue weighted by atomic mass is 9.71. The van der Waals surface area contributed by atoms with Gasteiger partial charge in [0, 0.05) is 6.26 Å². The molecule has 2 aliphatic rings. The molecular formula is C25H22N2O6S. The molecule has 0 amide bonds. The standard InChI is InChI=1S/C25H22N2O6S/c1-32-18-13-27-14-19-21(18)24(29)23(28)22(34(2,30)31)20(16-6-4-3-5-7-16)25(24,33-19)17-10-8-15(12-26)9-11-17/h3-11,13-14,20,22-23,28-29H,1-2H3/t20-,22-,23-,24+,25+/m1/s1. The molecule has 0 bridgehead atoms. The molecule has 34 heavy (non-hydrogen) atoms. The van der Waals surface area contributed by atoms with Crippen molar-refractivity contribution in [1.29, 1.82) is 5.26 Å². The van der Waals surface area contributed by atoms with Crippen LogP contribution >= 0.6 is 0 Å². The van der Waals surface area contributed by atoms with Crippen LogP contribution in [0, 0.1) is 11.3 Å². The lowest BCUT2D eigenvalue weighted by Crippen LogP contribution is -2.52. The van der Waals surface area contributed by atoms with Gasteiger partial charge in [-0.3, -0.25) is 4.98 Å². The van der Waals surface area contributed by atoms with Gasteiger partial charge in [-0.05, 0) is 23.3 Å². The molecule has 1 aliphatic heterocycles. The van der Waals surface area contributed by atoms with Gasteiger partial charge in [0.2, 0.25) is 0 Å². The second kappa shape index (κ2) is 7.53. The Morgan fingerprint density at radius 1 is 1.12 bits per heavy atom. The molecule has 2 heterocycles. The Morgan fingerprint density at radius 3 is 2.38 bits per heavy atom. The highest BCUT2D eigenvalue weighted by Crippen LogP contribution is 2.68. The lowest BCUT2D eigenvalue weighted by Gasteiger charge is -2.40. The molecule has 1 saturated carbocycles. The fraction of sp³-hybridized carbons (Fsp3) is 0.280. The number of aliphatic hydroxyl groups excluding tert-OH is 1. The van der Waals surface area contributed by atoms with Crippen LogP contribution in [0.2, 0.25) is 0 Å². The van der Waals surface area contributed by atoms with E-state index in [-0.39, 0.29) is 17.1 Å². The maximum absolute atomic E-state index is 13.1. The highest BCUT2D eigenvalue weighted by molar-refractivity contribution is 7.91. The van der Waals surface area contributed by atoms with Crippen LogP contribution in [0.25, 0.3) is 0 Å². The molecule has 0 spiro atoms. The number of nitriles is 1. The van der Waals surface area contributed by atoms with Gasteiger partial charge in [0.25, 0.3) is 0 Å². The molecule has 0 unspecified atom stereocenters. The third kappa shape index (κ3) is 2.76. The molecule has 9 heteroatoms. The Bertz CT molecular complexity index is 1400. The zero-order chi connectivity index (χ0) is 24.3. The number of rotatable bonds is 4. The highest BCUT2D eigenvalue weighted by Gasteiger charge is 2.78. The molecule has 0 saturated heterocycles. The van der Waals surface area contributed by atoms with Gasteiger partial charge in [0.05, 0.1) is 42.6 Å². The summed E-state index contributed by atoms with van der Waals surface area (Å²) in [7, 11) is -2.51. The molecule has 1 fully saturated rings. The molecule has 8 nitrogen and oxygen atoms in total. The number of fused-ring (bicyclic) bond motifs is 3. The Balaban J connectivity index is 1.91. The van der Waals surface area contributed by atoms with Gasteiger partial charge < -0.3 is 19.7 Å². The molecule has 2 aromatic carbocycles. The van der Waals surface area contributed by atoms with Gasteiger partial charge in [-0.15, -0.1) is 0 Å². The summed E-state index contributed by atoms with van der Waals surface area (Å²) in [6.07, 6.45) is 2.07. The fourth-order valence-corrected chi connectivity index (χ4v) is 7.11. The molecule has 5 atom stereocenters. The molecule has 0 radical (unpaired) electrons. The molecular weight excluding hydrogens is 456 g/mol. The largest absolute Gasteiger partial charge is 0.495 e. The molecule has 1 aliphatic carbocycles. The van der Waals surface area contributed by atoms with Gasteiger partial charge in [-0.25, -0.2) is 8.42 Å². The molecule has 5 rings (SSSR count). The monoisotopic (exact) mass is 478 g/mol. The van der Waals surface area contributed by atoms with Gasteiger partial charge in [0.1, 0.15) is 22.9 Å². The van der Waals surface area contributed by atoms with Crippen molar-refractivity contribution < 1.29 is 28.1 Å². The maximum atomic E-state index is 13.1. The summed E-state index contributed by atoms with van der Waals surface area (Å²) in [5.74, 6) is -0.664. The zero-order valence-electron chi connectivity index (χ0n) is 18.4. The van der Waals surface area contributed by atoms with Crippen LogP contribution in [0.5, 0.6) is 11.5 Å². The van der Waals surface area contributed by atoms with Crippen molar-refractivity contribution in [3.8, 4) is 17.6 Å². The number of aromatic nitrogens is 1. The number of hydrogen-bond donors (Lipinski definition) is 2. The Morgan fingerprint density at radius 2 is 1.79 bits per heavy atom. The van der Waals surface area contributed by atoms with Gasteiger partial charge in [0.15, 0.2) is 21.0 Å². The second-order valence-corrected chi connectivity index (χ2v) is 10.8. The minimum atomic E-state index is -3.91. The normalized spacial score (nSPS) is 29.6. The molecule has 2 N–H and O–H groups in total. The summed E-state index contributed by atoms with van der Waals surface area (Å²) >= 11 is 0. The second-order valence-electron chi connectivity index (χ2n) is 8.64. The summed E-state index contributed by atoms with van der Waals surface area (Å²) in [6.45, 7) is 0. The van der Waals surface area contributed by atoms with Crippen molar-refractivity contribution in [1.82, 2.24) is 4.98 Å². The number of ether oxygens (including phenoxy) is 2. The third-order valence-corrected chi connectivity index (χ3v) is 8.44. The Kier molecular flexibility index (Phi) is 4.95. The number of nitrogens with zero attached hydrogens (tertiary/aromatic N) is 2. The van der Waals surface area contributed by atoms with E-state index in [1.807, 2.05) is 0 Å². The van der Waals surface area contributed by atoms with E-state index in [9.17, 15) is 23.9 Å². The maximum Gasteiger partial charge on any atom is 0.178 e. The minimum Gasteiger partial charge on any atom is -0.495 e. The molecule has 1 aromatic heterocycles. The summed E-state index contributed by atoms with van der Waals surface area (Å²) in [5, 5.41) is 32.0. The zero-order valence-corrected chi connectivity index (χ0v) is 19.2. The first-order valence-corrected chi connectivity index (χ1v) is 12.5. The smallest absolute Gasteiger partial charge is 0.178 e. The number of aliphatic hydroxyl groups is 2. The average molecular weight is 479 g/mol. The van der Waals surface area contributed by atoms with E-state index < -0.39 is 38.3 Å². The van der Waals surface area contributed by atoms with E-state index in [0.29, 0.717) is 16.7 Å². The molecule has 3 aromatic rings. The summed E-state index contributed by atoms with van der Waals surface area (Å²) in [5.41, 5.74) is -2.47. The van der Waals surface area contributed by atoms with Crippen LogP contribution in [0.3, 0.4) is 0 Å². The van der Waals surface area contributed by atoms with Crippen LogP contribution in [-0.4, -0.2) is 48.3 Å². The SMILES string of the molecule is COc1cncc2c1[C@]1(O)[C@H](O)[C@H](S(C)(=O)=O)[C@@H](c3ccccc3)[C@]1(c1ccc(C#N)cc1)O2. The first-order chi connectivity index (χ1) is 16.2. The van der Waals surface area contributed by atoms with Crippen molar-refractivity contribution >= 4 is 9.84 Å². The van der Waals surface area contributed by atoms with E-state index >= 15 is 0 Å². The average Bonchev–Trinajstić information content (AvgIpc) is 3.22. The van der Waals surface area contributed by atoms with Crippen LogP contribution in [-0.2, 0) is 21.0 Å². The minimum absolute atomic E-state index is 0.133. The van der Waals surface area contributed by atoms with Gasteiger partial charge >= 0.3 is 0 Å². The topological polar surface area (TPSA) is 130 Å². The van der Waals surface area contributed by atoms with Crippen molar-refractivity contribution in [2.45, 2.75) is 28.5 Å². The number of benzene rings is 2. The summed E-state index contributed by atoms with van der Waals surface area (Å²) < 4.78 is 38.2. The first-order valence-electron chi connectivity index (χ1n) is 10.6. The predicted molar refractivity (Wildman–Crippen MR) is 122 cm³/mol. The summed E-state index contributed by atoms with van der Waals surface area (Å²) in [6, 6.07) is 17.2. The van der Waals surface area contributed by atoms with E-state index in [4.69, 9.17) is 9.47 Å². The quantitative estimate of drug-likeness (QED) is 0.583. The number of sulfone groups is 1. The molecule has 174 valence electrons. The van der Waals surface area contributed by atoms with E-state index in [1.165, 1.54) is 19.5 Å². The van der Waals surface area contributed by atoms with Crippen molar-refractivity contribution in [3.63, 3.8) is 0 Å². The fourth-order valence-electron chi connectivity index (χ4n) is 5.60. The van der Waals surface area contributed by atoms with E-state index in [2.05, 4.69) is 11.1 Å².